The van der Waals surface area contributed by atoms with Gasteiger partial charge < -0.3 is 5.73 Å². The quantitative estimate of drug-likeness (QED) is 0.715. The molecule has 2 heteroatoms. The first kappa shape index (κ1) is 9.93. The molecule has 70 valence electrons. The molecule has 0 radical (unpaired) electrons. The van der Waals surface area contributed by atoms with Crippen LogP contribution in [0.2, 0.25) is 0 Å². The molecule has 0 fully saturated rings. The lowest BCUT2D eigenvalue weighted by Gasteiger charge is -2.08. The van der Waals surface area contributed by atoms with Crippen LogP contribution < -0.4 is 5.73 Å². The first-order valence-corrected chi connectivity index (χ1v) is 4.60. The van der Waals surface area contributed by atoms with Gasteiger partial charge in [-0.15, -0.1) is 0 Å². The van der Waals surface area contributed by atoms with Gasteiger partial charge in [-0.25, -0.2) is 0 Å². The van der Waals surface area contributed by atoms with Crippen LogP contribution >= 0.6 is 0 Å². The van der Waals surface area contributed by atoms with E-state index in [1.54, 1.807) is 12.1 Å². The van der Waals surface area contributed by atoms with Crippen LogP contribution in [0.5, 0.6) is 0 Å². The van der Waals surface area contributed by atoms with Gasteiger partial charge in [-0.05, 0) is 6.42 Å². The van der Waals surface area contributed by atoms with E-state index in [-0.39, 0.29) is 11.8 Å². The Labute approximate surface area is 78.8 Å². The summed E-state index contributed by atoms with van der Waals surface area (Å²) in [6.07, 6.45) is 1.70. The highest BCUT2D eigenvalue weighted by Gasteiger charge is 2.13. The van der Waals surface area contributed by atoms with Crippen molar-refractivity contribution >= 4 is 5.78 Å². The minimum absolute atomic E-state index is 0.0439. The van der Waals surface area contributed by atoms with Gasteiger partial charge in [-0.1, -0.05) is 43.7 Å². The predicted octanol–water partition coefficient (Wildman–Crippen LogP) is 2.00. The van der Waals surface area contributed by atoms with Gasteiger partial charge in [0.25, 0.3) is 0 Å². The first-order valence-electron chi connectivity index (χ1n) is 4.60. The van der Waals surface area contributed by atoms with Gasteiger partial charge in [0.05, 0.1) is 6.04 Å². The zero-order chi connectivity index (χ0) is 9.68. The Bertz CT molecular complexity index is 269. The summed E-state index contributed by atoms with van der Waals surface area (Å²) >= 11 is 0. The molecular formula is C11H15NO. The Kier molecular flexibility index (Phi) is 3.65. The summed E-state index contributed by atoms with van der Waals surface area (Å²) in [5, 5.41) is 0. The van der Waals surface area contributed by atoms with E-state index in [9.17, 15) is 4.79 Å². The Morgan fingerprint density at radius 1 is 1.38 bits per heavy atom. The molecule has 0 spiro atoms. The standard InChI is InChI=1S/C11H15NO/c1-2-6-10(12)11(13)9-7-4-3-5-8-9/h3-5,7-8,10H,2,6,12H2,1H3/t10-/m0/s1. The van der Waals surface area contributed by atoms with Crippen molar-refractivity contribution in [1.29, 1.82) is 0 Å². The van der Waals surface area contributed by atoms with E-state index in [1.165, 1.54) is 0 Å². The highest BCUT2D eigenvalue weighted by Crippen LogP contribution is 2.05. The fraction of sp³-hybridized carbons (Fsp3) is 0.364. The van der Waals surface area contributed by atoms with Crippen molar-refractivity contribution in [3.05, 3.63) is 35.9 Å². The molecule has 2 nitrogen and oxygen atoms in total. The molecule has 13 heavy (non-hydrogen) atoms. The van der Waals surface area contributed by atoms with Gasteiger partial charge in [0, 0.05) is 5.56 Å². The van der Waals surface area contributed by atoms with Crippen LogP contribution in [-0.2, 0) is 0 Å². The van der Waals surface area contributed by atoms with Crippen LogP contribution in [0.15, 0.2) is 30.3 Å². The Balaban J connectivity index is 2.68. The number of hydrogen-bond acceptors (Lipinski definition) is 2. The SMILES string of the molecule is CCC[C@H](N)C(=O)c1ccccc1. The van der Waals surface area contributed by atoms with Gasteiger partial charge in [-0.3, -0.25) is 4.79 Å². The molecule has 0 unspecified atom stereocenters. The molecular weight excluding hydrogens is 162 g/mol. The van der Waals surface area contributed by atoms with Crippen molar-refractivity contribution in [2.24, 2.45) is 5.73 Å². The predicted molar refractivity (Wildman–Crippen MR) is 53.7 cm³/mol. The average molecular weight is 177 g/mol. The maximum absolute atomic E-state index is 11.6. The van der Waals surface area contributed by atoms with Gasteiger partial charge in [0.1, 0.15) is 0 Å². The zero-order valence-corrected chi connectivity index (χ0v) is 7.86. The number of rotatable bonds is 4. The van der Waals surface area contributed by atoms with Gasteiger partial charge in [0.2, 0.25) is 0 Å². The number of carbonyl (C=O) groups excluding carboxylic acids is 1. The lowest BCUT2D eigenvalue weighted by Crippen LogP contribution is -2.30. The fourth-order valence-corrected chi connectivity index (χ4v) is 1.26. The maximum atomic E-state index is 11.6. The summed E-state index contributed by atoms with van der Waals surface area (Å²) < 4.78 is 0. The summed E-state index contributed by atoms with van der Waals surface area (Å²) in [5.41, 5.74) is 6.42. The molecule has 0 saturated carbocycles. The molecule has 1 aromatic rings. The second kappa shape index (κ2) is 4.77. The van der Waals surface area contributed by atoms with E-state index < -0.39 is 0 Å². The van der Waals surface area contributed by atoms with Crippen LogP contribution in [0.4, 0.5) is 0 Å². The van der Waals surface area contributed by atoms with Crippen LogP contribution in [-0.4, -0.2) is 11.8 Å². The highest BCUT2D eigenvalue weighted by atomic mass is 16.1. The molecule has 0 aliphatic heterocycles. The molecule has 0 aliphatic carbocycles. The third-order valence-corrected chi connectivity index (χ3v) is 1.99. The number of nitrogens with two attached hydrogens (primary N) is 1. The molecule has 0 bridgehead atoms. The molecule has 1 atom stereocenters. The molecule has 0 saturated heterocycles. The molecule has 0 aliphatic rings. The molecule has 1 aromatic carbocycles. The van der Waals surface area contributed by atoms with E-state index in [4.69, 9.17) is 5.73 Å². The number of Topliss-reactive ketones (excluding diaryl/α,β-unsaturated/α-hetero) is 1. The summed E-state index contributed by atoms with van der Waals surface area (Å²) in [4.78, 5) is 11.6. The highest BCUT2D eigenvalue weighted by molar-refractivity contribution is 5.99. The van der Waals surface area contributed by atoms with E-state index >= 15 is 0 Å². The Morgan fingerprint density at radius 3 is 2.54 bits per heavy atom. The van der Waals surface area contributed by atoms with Gasteiger partial charge in [0.15, 0.2) is 5.78 Å². The maximum Gasteiger partial charge on any atom is 0.179 e. The van der Waals surface area contributed by atoms with E-state index in [0.717, 1.165) is 12.8 Å². The van der Waals surface area contributed by atoms with Crippen molar-refractivity contribution in [3.8, 4) is 0 Å². The number of carbonyl (C=O) groups is 1. The normalized spacial score (nSPS) is 12.5. The molecule has 0 aromatic heterocycles. The van der Waals surface area contributed by atoms with E-state index in [1.807, 2.05) is 25.1 Å². The van der Waals surface area contributed by atoms with Crippen molar-refractivity contribution in [2.75, 3.05) is 0 Å². The lowest BCUT2D eigenvalue weighted by atomic mass is 10.0. The topological polar surface area (TPSA) is 43.1 Å². The average Bonchev–Trinajstić information content (AvgIpc) is 2.18. The number of hydrogen-bond donors (Lipinski definition) is 1. The van der Waals surface area contributed by atoms with Crippen LogP contribution in [0, 0.1) is 0 Å². The van der Waals surface area contributed by atoms with Crippen LogP contribution in [0.1, 0.15) is 30.1 Å². The van der Waals surface area contributed by atoms with Crippen LogP contribution in [0.3, 0.4) is 0 Å². The monoisotopic (exact) mass is 177 g/mol. The lowest BCUT2D eigenvalue weighted by molar-refractivity contribution is 0.0957. The summed E-state index contributed by atoms with van der Waals surface area (Å²) in [6.45, 7) is 2.03. The summed E-state index contributed by atoms with van der Waals surface area (Å²) in [7, 11) is 0. The van der Waals surface area contributed by atoms with E-state index in [0.29, 0.717) is 5.56 Å². The second-order valence-electron chi connectivity index (χ2n) is 3.13. The first-order chi connectivity index (χ1) is 6.25. The smallest absolute Gasteiger partial charge is 0.179 e. The van der Waals surface area contributed by atoms with Gasteiger partial charge >= 0.3 is 0 Å². The largest absolute Gasteiger partial charge is 0.321 e. The molecule has 1 rings (SSSR count). The second-order valence-corrected chi connectivity index (χ2v) is 3.13. The third kappa shape index (κ3) is 2.67. The Morgan fingerprint density at radius 2 is 2.00 bits per heavy atom. The number of benzene rings is 1. The molecule has 2 N–H and O–H groups in total. The zero-order valence-electron chi connectivity index (χ0n) is 7.86. The van der Waals surface area contributed by atoms with Crippen molar-refractivity contribution < 1.29 is 4.79 Å². The van der Waals surface area contributed by atoms with Crippen LogP contribution in [0.25, 0.3) is 0 Å². The van der Waals surface area contributed by atoms with Crippen molar-refractivity contribution in [3.63, 3.8) is 0 Å². The summed E-state index contributed by atoms with van der Waals surface area (Å²) in [6, 6.07) is 8.86. The fourth-order valence-electron chi connectivity index (χ4n) is 1.26. The minimum atomic E-state index is -0.340. The van der Waals surface area contributed by atoms with Gasteiger partial charge in [-0.2, -0.15) is 0 Å². The molecule has 0 heterocycles. The number of ketones is 1. The third-order valence-electron chi connectivity index (χ3n) is 1.99. The summed E-state index contributed by atoms with van der Waals surface area (Å²) in [5.74, 6) is 0.0439. The minimum Gasteiger partial charge on any atom is -0.321 e. The van der Waals surface area contributed by atoms with E-state index in [2.05, 4.69) is 0 Å². The van der Waals surface area contributed by atoms with Crippen molar-refractivity contribution in [2.45, 2.75) is 25.8 Å². The Hall–Kier alpha value is -1.15. The van der Waals surface area contributed by atoms with Crippen molar-refractivity contribution in [1.82, 2.24) is 0 Å². The molecule has 0 amide bonds.